The third-order valence-electron chi connectivity index (χ3n) is 6.51. The zero-order chi connectivity index (χ0) is 24.4. The number of thiocarbonyl (C=S) groups is 1. The van der Waals surface area contributed by atoms with Crippen molar-refractivity contribution in [1.82, 2.24) is 4.90 Å². The van der Waals surface area contributed by atoms with Gasteiger partial charge in [0, 0.05) is 17.5 Å². The Balaban J connectivity index is 1.93. The first-order chi connectivity index (χ1) is 15.4. The maximum Gasteiger partial charge on any atom is 0.416 e. The largest absolute Gasteiger partial charge is 0.416 e. The highest BCUT2D eigenvalue weighted by Gasteiger charge is 2.51. The summed E-state index contributed by atoms with van der Waals surface area (Å²) in [5.41, 5.74) is 0.838. The molecule has 180 valence electrons. The fraction of sp³-hybridized carbons (Fsp3) is 0.500. The molecule has 0 amide bonds. The average molecular weight is 495 g/mol. The molecule has 33 heavy (non-hydrogen) atoms. The lowest BCUT2D eigenvalue weighted by atomic mass is 9.76. The van der Waals surface area contributed by atoms with Gasteiger partial charge in [0.1, 0.15) is 0 Å². The van der Waals surface area contributed by atoms with Gasteiger partial charge in [0.15, 0.2) is 5.11 Å². The number of anilines is 1. The number of nitrogens with zero attached hydrogens (tertiary/aromatic N) is 1. The SMILES string of the molecule is CCC1CN(C(=S)Nc2cccc(C(F)(F)F)c2)C(CC(C)(C)c2ccccc2)(C(C)C)S1. The van der Waals surface area contributed by atoms with E-state index >= 15 is 0 Å². The Kier molecular flexibility index (Phi) is 7.74. The van der Waals surface area contributed by atoms with E-state index in [2.05, 4.69) is 69.1 Å². The minimum atomic E-state index is -4.39. The topological polar surface area (TPSA) is 15.3 Å². The van der Waals surface area contributed by atoms with Crippen LogP contribution in [0.4, 0.5) is 18.9 Å². The zero-order valence-electron chi connectivity index (χ0n) is 19.9. The molecule has 0 saturated carbocycles. The molecule has 1 N–H and O–H groups in total. The third kappa shape index (κ3) is 5.68. The number of nitrogens with one attached hydrogen (secondary N) is 1. The van der Waals surface area contributed by atoms with Crippen LogP contribution >= 0.6 is 24.0 Å². The molecule has 2 nitrogen and oxygen atoms in total. The number of rotatable bonds is 6. The molecule has 2 aromatic carbocycles. The van der Waals surface area contributed by atoms with E-state index in [4.69, 9.17) is 12.2 Å². The van der Waals surface area contributed by atoms with Crippen LogP contribution in [0.15, 0.2) is 54.6 Å². The predicted molar refractivity (Wildman–Crippen MR) is 138 cm³/mol. The molecule has 1 saturated heterocycles. The highest BCUT2D eigenvalue weighted by atomic mass is 32.2. The minimum absolute atomic E-state index is 0.106. The number of thioether (sulfide) groups is 1. The van der Waals surface area contributed by atoms with Gasteiger partial charge >= 0.3 is 6.18 Å². The molecule has 0 aromatic heterocycles. The average Bonchev–Trinajstić information content (AvgIpc) is 3.13. The summed E-state index contributed by atoms with van der Waals surface area (Å²) >= 11 is 7.79. The first-order valence-corrected chi connectivity index (χ1v) is 12.7. The number of hydrogen-bond donors (Lipinski definition) is 1. The van der Waals surface area contributed by atoms with E-state index in [0.29, 0.717) is 16.0 Å². The van der Waals surface area contributed by atoms with Gasteiger partial charge < -0.3 is 10.2 Å². The number of hydrogen-bond acceptors (Lipinski definition) is 2. The van der Waals surface area contributed by atoms with Crippen molar-refractivity contribution in [3.63, 3.8) is 0 Å². The molecule has 1 aliphatic rings. The van der Waals surface area contributed by atoms with Crippen LogP contribution in [0.5, 0.6) is 0 Å². The minimum Gasteiger partial charge on any atom is -0.333 e. The maximum absolute atomic E-state index is 13.2. The van der Waals surface area contributed by atoms with Crippen molar-refractivity contribution in [2.45, 2.75) is 69.2 Å². The van der Waals surface area contributed by atoms with E-state index < -0.39 is 11.7 Å². The molecule has 0 radical (unpaired) electrons. The lowest BCUT2D eigenvalue weighted by molar-refractivity contribution is -0.137. The van der Waals surface area contributed by atoms with Crippen molar-refractivity contribution >= 4 is 34.8 Å². The van der Waals surface area contributed by atoms with Crippen molar-refractivity contribution in [3.8, 4) is 0 Å². The molecule has 0 spiro atoms. The Bertz CT molecular complexity index is 960. The first kappa shape index (κ1) is 25.9. The molecule has 0 aliphatic carbocycles. The molecular weight excluding hydrogens is 461 g/mol. The Labute approximate surface area is 205 Å². The molecule has 2 atom stereocenters. The van der Waals surface area contributed by atoms with Crippen molar-refractivity contribution in [2.75, 3.05) is 11.9 Å². The summed E-state index contributed by atoms with van der Waals surface area (Å²) in [5, 5.41) is 4.00. The summed E-state index contributed by atoms with van der Waals surface area (Å²) in [7, 11) is 0. The second kappa shape index (κ2) is 9.87. The van der Waals surface area contributed by atoms with Crippen LogP contribution in [0.1, 0.15) is 58.6 Å². The molecule has 0 bridgehead atoms. The fourth-order valence-corrected chi connectivity index (χ4v) is 6.98. The normalized spacial score (nSPS) is 21.5. The first-order valence-electron chi connectivity index (χ1n) is 11.4. The van der Waals surface area contributed by atoms with E-state index in [1.165, 1.54) is 11.6 Å². The van der Waals surface area contributed by atoms with Gasteiger partial charge in [0.25, 0.3) is 0 Å². The summed E-state index contributed by atoms with van der Waals surface area (Å²) < 4.78 is 39.6. The highest BCUT2D eigenvalue weighted by molar-refractivity contribution is 8.01. The van der Waals surface area contributed by atoms with Gasteiger partial charge in [-0.05, 0) is 60.2 Å². The van der Waals surface area contributed by atoms with Gasteiger partial charge in [-0.25, -0.2) is 0 Å². The quantitative estimate of drug-likeness (QED) is 0.410. The number of alkyl halides is 3. The standard InChI is InChI=1S/C26H33F3N2S2/c1-6-22-16-31(23(32)30-21-14-10-13-20(15-21)26(27,28)29)25(33-22,18(2)3)17-24(4,5)19-11-8-7-9-12-19/h7-15,18,22H,6,16-17H2,1-5H3,(H,30,32). The summed E-state index contributed by atoms with van der Waals surface area (Å²) in [4.78, 5) is 1.96. The van der Waals surface area contributed by atoms with Crippen LogP contribution in [0, 0.1) is 5.92 Å². The number of halogens is 3. The van der Waals surface area contributed by atoms with Crippen LogP contribution in [-0.2, 0) is 11.6 Å². The second-order valence-corrected chi connectivity index (χ2v) is 11.7. The van der Waals surface area contributed by atoms with Gasteiger partial charge in [-0.1, -0.05) is 71.0 Å². The van der Waals surface area contributed by atoms with Gasteiger partial charge in [0.05, 0.1) is 10.4 Å². The Hall–Kier alpha value is -1.73. The van der Waals surface area contributed by atoms with Crippen LogP contribution in [0.3, 0.4) is 0 Å². The zero-order valence-corrected chi connectivity index (χ0v) is 21.5. The van der Waals surface area contributed by atoms with E-state index in [1.807, 2.05) is 17.8 Å². The van der Waals surface area contributed by atoms with E-state index in [0.717, 1.165) is 31.5 Å². The van der Waals surface area contributed by atoms with Gasteiger partial charge in [0.2, 0.25) is 0 Å². The summed E-state index contributed by atoms with van der Waals surface area (Å²) in [5.74, 6) is 0.281. The molecule has 1 fully saturated rings. The lowest BCUT2D eigenvalue weighted by Gasteiger charge is -2.47. The summed E-state index contributed by atoms with van der Waals surface area (Å²) in [6.07, 6.45) is -2.52. The van der Waals surface area contributed by atoms with Crippen LogP contribution in [-0.4, -0.2) is 26.7 Å². The smallest absolute Gasteiger partial charge is 0.333 e. The van der Waals surface area contributed by atoms with Crippen molar-refractivity contribution in [1.29, 1.82) is 0 Å². The number of benzene rings is 2. The molecule has 3 rings (SSSR count). The highest BCUT2D eigenvalue weighted by Crippen LogP contribution is 2.53. The van der Waals surface area contributed by atoms with Gasteiger partial charge in [-0.3, -0.25) is 0 Å². The van der Waals surface area contributed by atoms with E-state index in [9.17, 15) is 13.2 Å². The second-order valence-electron chi connectivity index (χ2n) is 9.69. The van der Waals surface area contributed by atoms with Crippen LogP contribution in [0.25, 0.3) is 0 Å². The monoisotopic (exact) mass is 494 g/mol. The maximum atomic E-state index is 13.2. The van der Waals surface area contributed by atoms with Crippen molar-refractivity contribution < 1.29 is 13.2 Å². The van der Waals surface area contributed by atoms with Crippen molar-refractivity contribution in [2.24, 2.45) is 5.92 Å². The van der Waals surface area contributed by atoms with Crippen molar-refractivity contribution in [3.05, 3.63) is 65.7 Å². The molecule has 2 aromatic rings. The summed E-state index contributed by atoms with van der Waals surface area (Å²) in [6, 6.07) is 15.7. The van der Waals surface area contributed by atoms with E-state index in [1.54, 1.807) is 6.07 Å². The molecule has 1 aliphatic heterocycles. The van der Waals surface area contributed by atoms with E-state index in [-0.39, 0.29) is 16.2 Å². The Morgan fingerprint density at radius 1 is 1.12 bits per heavy atom. The van der Waals surface area contributed by atoms with Crippen LogP contribution < -0.4 is 5.32 Å². The lowest BCUT2D eigenvalue weighted by Crippen LogP contribution is -2.53. The third-order valence-corrected chi connectivity index (χ3v) is 8.89. The molecule has 2 unspecified atom stereocenters. The predicted octanol–water partition coefficient (Wildman–Crippen LogP) is 7.95. The Morgan fingerprint density at radius 3 is 2.33 bits per heavy atom. The van der Waals surface area contributed by atoms with Gasteiger partial charge in [-0.15, -0.1) is 11.8 Å². The Morgan fingerprint density at radius 2 is 1.76 bits per heavy atom. The fourth-order valence-electron chi connectivity index (χ4n) is 4.59. The summed E-state index contributed by atoms with van der Waals surface area (Å²) in [6.45, 7) is 11.9. The molecule has 7 heteroatoms. The van der Waals surface area contributed by atoms with Crippen LogP contribution in [0.2, 0.25) is 0 Å². The van der Waals surface area contributed by atoms with Gasteiger partial charge in [-0.2, -0.15) is 13.2 Å². The molecule has 1 heterocycles. The molecular formula is C26H33F3N2S2.